The highest BCUT2D eigenvalue weighted by molar-refractivity contribution is 7.12. The zero-order valence-electron chi connectivity index (χ0n) is 8.01. The van der Waals surface area contributed by atoms with Crippen LogP contribution in [0.25, 0.3) is 0 Å². The summed E-state index contributed by atoms with van der Waals surface area (Å²) < 4.78 is 0. The Kier molecular flexibility index (Phi) is 2.94. The van der Waals surface area contributed by atoms with E-state index in [0.29, 0.717) is 5.56 Å². The van der Waals surface area contributed by atoms with Crippen LogP contribution in [0.2, 0.25) is 0 Å². The highest BCUT2D eigenvalue weighted by Gasteiger charge is 2.08. The largest absolute Gasteiger partial charge is 0.392 e. The van der Waals surface area contributed by atoms with E-state index in [-0.39, 0.29) is 12.4 Å². The van der Waals surface area contributed by atoms with Crippen LogP contribution in [0.1, 0.15) is 20.8 Å². The molecule has 1 N–H and O–H groups in total. The molecule has 1 aromatic carbocycles. The molecule has 0 aliphatic rings. The van der Waals surface area contributed by atoms with Gasteiger partial charge < -0.3 is 5.11 Å². The summed E-state index contributed by atoms with van der Waals surface area (Å²) in [5, 5.41) is 10.8. The second-order valence-electron chi connectivity index (χ2n) is 3.16. The standard InChI is InChI=1S/C12H10O2S/c13-8-9-3-5-10(6-4-9)12(14)11-2-1-7-15-11/h1-7,13H,8H2. The van der Waals surface area contributed by atoms with Crippen molar-refractivity contribution in [3.8, 4) is 0 Å². The van der Waals surface area contributed by atoms with Gasteiger partial charge in [-0.15, -0.1) is 11.3 Å². The summed E-state index contributed by atoms with van der Waals surface area (Å²) in [5.41, 5.74) is 1.48. The molecule has 0 aliphatic heterocycles. The molecule has 0 unspecified atom stereocenters. The Bertz CT molecular complexity index is 443. The van der Waals surface area contributed by atoms with Crippen LogP contribution in [-0.2, 0) is 6.61 Å². The number of carbonyl (C=O) groups excluding carboxylic acids is 1. The predicted molar refractivity (Wildman–Crippen MR) is 60.1 cm³/mol. The first-order valence-corrected chi connectivity index (χ1v) is 5.47. The summed E-state index contributed by atoms with van der Waals surface area (Å²) in [5.74, 6) is 0.0366. The summed E-state index contributed by atoms with van der Waals surface area (Å²) in [7, 11) is 0. The fourth-order valence-corrected chi connectivity index (χ4v) is 2.00. The summed E-state index contributed by atoms with van der Waals surface area (Å²) in [6.45, 7) is 0.00741. The minimum absolute atomic E-state index is 0.00741. The third kappa shape index (κ3) is 2.14. The van der Waals surface area contributed by atoms with Gasteiger partial charge in [0.15, 0.2) is 0 Å². The van der Waals surface area contributed by atoms with Crippen LogP contribution in [0.4, 0.5) is 0 Å². The van der Waals surface area contributed by atoms with Gasteiger partial charge in [-0.1, -0.05) is 30.3 Å². The lowest BCUT2D eigenvalue weighted by Crippen LogP contribution is -1.98. The molecule has 2 nitrogen and oxygen atoms in total. The van der Waals surface area contributed by atoms with Gasteiger partial charge in [-0.3, -0.25) is 4.79 Å². The number of carbonyl (C=O) groups is 1. The van der Waals surface area contributed by atoms with E-state index >= 15 is 0 Å². The number of ketones is 1. The Morgan fingerprint density at radius 1 is 1.20 bits per heavy atom. The van der Waals surface area contributed by atoms with E-state index in [9.17, 15) is 4.79 Å². The van der Waals surface area contributed by atoms with Gasteiger partial charge in [-0.25, -0.2) is 0 Å². The first-order chi connectivity index (χ1) is 7.31. The zero-order valence-corrected chi connectivity index (χ0v) is 8.83. The first kappa shape index (κ1) is 10.1. The molecule has 0 radical (unpaired) electrons. The van der Waals surface area contributed by atoms with Crippen molar-refractivity contribution in [2.75, 3.05) is 0 Å². The van der Waals surface area contributed by atoms with Crippen molar-refractivity contribution in [3.63, 3.8) is 0 Å². The van der Waals surface area contributed by atoms with Crippen molar-refractivity contribution >= 4 is 17.1 Å². The molecule has 15 heavy (non-hydrogen) atoms. The van der Waals surface area contributed by atoms with Crippen molar-refractivity contribution in [2.45, 2.75) is 6.61 Å². The maximum atomic E-state index is 11.9. The smallest absolute Gasteiger partial charge is 0.202 e. The summed E-state index contributed by atoms with van der Waals surface area (Å²) in [6.07, 6.45) is 0. The number of aliphatic hydroxyl groups is 1. The Morgan fingerprint density at radius 3 is 2.47 bits per heavy atom. The van der Waals surface area contributed by atoms with Gasteiger partial charge >= 0.3 is 0 Å². The van der Waals surface area contributed by atoms with E-state index in [1.807, 2.05) is 17.5 Å². The van der Waals surface area contributed by atoms with Gasteiger partial charge in [0.2, 0.25) is 5.78 Å². The second-order valence-corrected chi connectivity index (χ2v) is 4.11. The minimum atomic E-state index is 0.00741. The van der Waals surface area contributed by atoms with E-state index in [2.05, 4.69) is 0 Å². The molecule has 0 spiro atoms. The molecule has 0 saturated heterocycles. The molecular formula is C12H10O2S. The Balaban J connectivity index is 2.27. The molecule has 2 rings (SSSR count). The van der Waals surface area contributed by atoms with Gasteiger partial charge in [0.1, 0.15) is 0 Å². The number of rotatable bonds is 3. The molecule has 0 fully saturated rings. The topological polar surface area (TPSA) is 37.3 Å². The molecule has 0 bridgehead atoms. The molecule has 0 amide bonds. The van der Waals surface area contributed by atoms with Crippen LogP contribution in [0, 0.1) is 0 Å². The van der Waals surface area contributed by atoms with Crippen LogP contribution < -0.4 is 0 Å². The molecule has 76 valence electrons. The zero-order chi connectivity index (χ0) is 10.7. The average molecular weight is 218 g/mol. The van der Waals surface area contributed by atoms with Gasteiger partial charge in [-0.05, 0) is 17.0 Å². The quantitative estimate of drug-likeness (QED) is 0.803. The molecule has 1 heterocycles. The fraction of sp³-hybridized carbons (Fsp3) is 0.0833. The SMILES string of the molecule is O=C(c1ccc(CO)cc1)c1cccs1. The van der Waals surface area contributed by atoms with Crippen molar-refractivity contribution in [2.24, 2.45) is 0 Å². The van der Waals surface area contributed by atoms with E-state index in [4.69, 9.17) is 5.11 Å². The van der Waals surface area contributed by atoms with Crippen molar-refractivity contribution < 1.29 is 9.90 Å². The maximum absolute atomic E-state index is 11.9. The summed E-state index contributed by atoms with van der Waals surface area (Å²) in [6, 6.07) is 10.7. The van der Waals surface area contributed by atoms with E-state index < -0.39 is 0 Å². The number of hydrogen-bond donors (Lipinski definition) is 1. The lowest BCUT2D eigenvalue weighted by molar-refractivity contribution is 0.104. The Morgan fingerprint density at radius 2 is 1.93 bits per heavy atom. The molecule has 0 atom stereocenters. The van der Waals surface area contributed by atoms with Crippen molar-refractivity contribution in [1.29, 1.82) is 0 Å². The predicted octanol–water partition coefficient (Wildman–Crippen LogP) is 2.47. The van der Waals surface area contributed by atoms with Gasteiger partial charge in [-0.2, -0.15) is 0 Å². The lowest BCUT2D eigenvalue weighted by Gasteiger charge is -1.99. The van der Waals surface area contributed by atoms with E-state index in [1.165, 1.54) is 11.3 Å². The lowest BCUT2D eigenvalue weighted by atomic mass is 10.1. The first-order valence-electron chi connectivity index (χ1n) is 4.59. The summed E-state index contributed by atoms with van der Waals surface area (Å²) >= 11 is 1.44. The highest BCUT2D eigenvalue weighted by Crippen LogP contribution is 2.15. The van der Waals surface area contributed by atoms with E-state index in [1.54, 1.807) is 24.3 Å². The van der Waals surface area contributed by atoms with Crippen LogP contribution in [0.5, 0.6) is 0 Å². The average Bonchev–Trinajstić information content (AvgIpc) is 2.82. The number of aliphatic hydroxyl groups excluding tert-OH is 1. The van der Waals surface area contributed by atoms with Crippen LogP contribution in [-0.4, -0.2) is 10.9 Å². The van der Waals surface area contributed by atoms with Crippen LogP contribution in [0.15, 0.2) is 41.8 Å². The van der Waals surface area contributed by atoms with Crippen LogP contribution >= 0.6 is 11.3 Å². The Labute approximate surface area is 91.8 Å². The summed E-state index contributed by atoms with van der Waals surface area (Å²) in [4.78, 5) is 12.6. The maximum Gasteiger partial charge on any atom is 0.202 e. The normalized spacial score (nSPS) is 10.2. The van der Waals surface area contributed by atoms with Crippen LogP contribution in [0.3, 0.4) is 0 Å². The highest BCUT2D eigenvalue weighted by atomic mass is 32.1. The molecule has 2 aromatic rings. The molecule has 0 aliphatic carbocycles. The monoisotopic (exact) mass is 218 g/mol. The van der Waals surface area contributed by atoms with Crippen molar-refractivity contribution in [1.82, 2.24) is 0 Å². The van der Waals surface area contributed by atoms with Gasteiger partial charge in [0.05, 0.1) is 11.5 Å². The third-order valence-electron chi connectivity index (χ3n) is 2.14. The number of thiophene rings is 1. The van der Waals surface area contributed by atoms with Crippen molar-refractivity contribution in [3.05, 3.63) is 57.8 Å². The number of benzene rings is 1. The number of hydrogen-bond acceptors (Lipinski definition) is 3. The fourth-order valence-electron chi connectivity index (χ4n) is 1.31. The Hall–Kier alpha value is -1.45. The molecule has 0 saturated carbocycles. The van der Waals surface area contributed by atoms with Gasteiger partial charge in [0, 0.05) is 5.56 Å². The minimum Gasteiger partial charge on any atom is -0.392 e. The van der Waals surface area contributed by atoms with Gasteiger partial charge in [0.25, 0.3) is 0 Å². The molecular weight excluding hydrogens is 208 g/mol. The second kappa shape index (κ2) is 4.38. The molecule has 3 heteroatoms. The molecule has 1 aromatic heterocycles. The van der Waals surface area contributed by atoms with E-state index in [0.717, 1.165) is 10.4 Å². The third-order valence-corrected chi connectivity index (χ3v) is 3.01.